The minimum Gasteiger partial charge on any atom is -1.00 e. The average molecular weight is 532 g/mol. The highest BCUT2D eigenvalue weighted by molar-refractivity contribution is 5.62. The van der Waals surface area contributed by atoms with Crippen molar-refractivity contribution in [2.45, 2.75) is 64.0 Å². The molecular formula is C24H32F3IN2. The Morgan fingerprint density at radius 1 is 0.967 bits per heavy atom. The van der Waals surface area contributed by atoms with Gasteiger partial charge >= 0.3 is 6.18 Å². The zero-order valence-electron chi connectivity index (χ0n) is 17.7. The number of anilines is 2. The van der Waals surface area contributed by atoms with Crippen LogP contribution in [-0.2, 0) is 13.2 Å². The standard InChI is InChI=1S/C24H32F3N2.HI/c1-28-16-9-15-23(19-28)29(22-14-8-13-21(18-22)24(25,26)27)17-7-3-6-12-20-10-4-2-5-11-20;/h8-9,13-16,18-20H,2-7,10-12,17H2,1H3;1H/q+1;/p-1. The molecule has 30 heavy (non-hydrogen) atoms. The van der Waals surface area contributed by atoms with E-state index < -0.39 is 11.7 Å². The van der Waals surface area contributed by atoms with Crippen molar-refractivity contribution >= 4 is 11.4 Å². The van der Waals surface area contributed by atoms with E-state index in [2.05, 4.69) is 0 Å². The fourth-order valence-corrected chi connectivity index (χ4v) is 4.34. The van der Waals surface area contributed by atoms with Crippen LogP contribution in [0.4, 0.5) is 24.5 Å². The summed E-state index contributed by atoms with van der Waals surface area (Å²) in [5, 5.41) is 0. The van der Waals surface area contributed by atoms with Crippen LogP contribution < -0.4 is 33.4 Å². The fraction of sp³-hybridized carbons (Fsp3) is 0.542. The highest BCUT2D eigenvalue weighted by atomic mass is 127. The molecule has 2 nitrogen and oxygen atoms in total. The van der Waals surface area contributed by atoms with Gasteiger partial charge in [-0.2, -0.15) is 13.2 Å². The molecule has 2 aromatic rings. The van der Waals surface area contributed by atoms with Gasteiger partial charge in [-0.3, -0.25) is 0 Å². The lowest BCUT2D eigenvalue weighted by atomic mass is 9.85. The molecule has 1 fully saturated rings. The molecule has 0 N–H and O–H groups in total. The van der Waals surface area contributed by atoms with E-state index in [0.29, 0.717) is 5.69 Å². The molecule has 0 bridgehead atoms. The van der Waals surface area contributed by atoms with Crippen molar-refractivity contribution in [3.8, 4) is 0 Å². The molecule has 1 aliphatic rings. The third kappa shape index (κ3) is 7.43. The lowest BCUT2D eigenvalue weighted by Gasteiger charge is -2.25. The number of hydrogen-bond acceptors (Lipinski definition) is 1. The SMILES string of the molecule is C[n+]1cccc(N(CCCCCC2CCCCC2)c2cccc(C(F)(F)F)c2)c1.[I-]. The van der Waals surface area contributed by atoms with Crippen LogP contribution in [0.5, 0.6) is 0 Å². The molecule has 0 amide bonds. The lowest BCUT2D eigenvalue weighted by molar-refractivity contribution is -0.670. The number of pyridine rings is 1. The molecule has 166 valence electrons. The van der Waals surface area contributed by atoms with Gasteiger partial charge in [0.2, 0.25) is 0 Å². The van der Waals surface area contributed by atoms with E-state index >= 15 is 0 Å². The van der Waals surface area contributed by atoms with Gasteiger partial charge in [0.15, 0.2) is 12.4 Å². The molecule has 1 heterocycles. The topological polar surface area (TPSA) is 7.12 Å². The van der Waals surface area contributed by atoms with Crippen LogP contribution in [0.15, 0.2) is 48.8 Å². The van der Waals surface area contributed by atoms with E-state index in [4.69, 9.17) is 0 Å². The van der Waals surface area contributed by atoms with Gasteiger partial charge in [0.05, 0.1) is 5.56 Å². The molecule has 0 spiro atoms. The molecule has 6 heteroatoms. The first-order valence-corrected chi connectivity index (χ1v) is 10.8. The molecule has 0 atom stereocenters. The monoisotopic (exact) mass is 532 g/mol. The number of benzene rings is 1. The maximum atomic E-state index is 13.2. The van der Waals surface area contributed by atoms with E-state index in [1.807, 2.05) is 41.0 Å². The first kappa shape index (κ1) is 25.0. The molecule has 1 aromatic heterocycles. The van der Waals surface area contributed by atoms with Crippen LogP contribution in [0.25, 0.3) is 0 Å². The summed E-state index contributed by atoms with van der Waals surface area (Å²) in [6.07, 6.45) is 11.0. The maximum Gasteiger partial charge on any atom is 0.416 e. The summed E-state index contributed by atoms with van der Waals surface area (Å²) in [6.45, 7) is 0.718. The Hall–Kier alpha value is -1.31. The van der Waals surface area contributed by atoms with E-state index in [9.17, 15) is 13.2 Å². The maximum absolute atomic E-state index is 13.2. The van der Waals surface area contributed by atoms with Crippen LogP contribution >= 0.6 is 0 Å². The fourth-order valence-electron chi connectivity index (χ4n) is 4.34. The Morgan fingerprint density at radius 3 is 2.40 bits per heavy atom. The Morgan fingerprint density at radius 2 is 1.70 bits per heavy atom. The van der Waals surface area contributed by atoms with Crippen molar-refractivity contribution in [3.63, 3.8) is 0 Å². The van der Waals surface area contributed by atoms with Gasteiger partial charge in [0.1, 0.15) is 12.7 Å². The van der Waals surface area contributed by atoms with Crippen molar-refractivity contribution < 1.29 is 41.7 Å². The molecule has 0 radical (unpaired) electrons. The van der Waals surface area contributed by atoms with Crippen LogP contribution in [0, 0.1) is 5.92 Å². The normalized spacial score (nSPS) is 14.9. The summed E-state index contributed by atoms with van der Waals surface area (Å²) in [5.41, 5.74) is 0.914. The number of unbranched alkanes of at least 4 members (excludes halogenated alkanes) is 2. The van der Waals surface area contributed by atoms with Crippen LogP contribution in [0.3, 0.4) is 0 Å². The molecule has 1 aliphatic carbocycles. The number of hydrogen-bond donors (Lipinski definition) is 0. The second-order valence-corrected chi connectivity index (χ2v) is 8.28. The van der Waals surface area contributed by atoms with Gasteiger partial charge in [-0.1, -0.05) is 57.4 Å². The number of halogens is 4. The zero-order valence-corrected chi connectivity index (χ0v) is 19.8. The second-order valence-electron chi connectivity index (χ2n) is 8.28. The highest BCUT2D eigenvalue weighted by Gasteiger charge is 2.31. The summed E-state index contributed by atoms with van der Waals surface area (Å²) in [7, 11) is 1.93. The Labute approximate surface area is 195 Å². The van der Waals surface area contributed by atoms with Gasteiger partial charge < -0.3 is 28.9 Å². The van der Waals surface area contributed by atoms with E-state index in [1.54, 1.807) is 6.07 Å². The van der Waals surface area contributed by atoms with Crippen LogP contribution in [0.2, 0.25) is 0 Å². The summed E-state index contributed by atoms with van der Waals surface area (Å²) in [6, 6.07) is 9.55. The molecule has 3 rings (SSSR count). The molecule has 1 aromatic carbocycles. The predicted octanol–water partition coefficient (Wildman–Crippen LogP) is 3.81. The van der Waals surface area contributed by atoms with Gasteiger partial charge in [0.25, 0.3) is 0 Å². The van der Waals surface area contributed by atoms with Crippen molar-refractivity contribution in [3.05, 3.63) is 54.4 Å². The number of alkyl halides is 3. The van der Waals surface area contributed by atoms with Crippen molar-refractivity contribution in [2.75, 3.05) is 11.4 Å². The smallest absolute Gasteiger partial charge is 0.416 e. The van der Waals surface area contributed by atoms with Crippen LogP contribution in [-0.4, -0.2) is 6.54 Å². The Bertz CT molecular complexity index is 773. The Kier molecular flexibility index (Phi) is 9.91. The summed E-state index contributed by atoms with van der Waals surface area (Å²) in [5.74, 6) is 0.886. The molecule has 0 unspecified atom stereocenters. The van der Waals surface area contributed by atoms with Crippen LogP contribution in [0.1, 0.15) is 63.4 Å². The number of rotatable bonds is 8. The molecule has 0 aliphatic heterocycles. The van der Waals surface area contributed by atoms with Gasteiger partial charge in [-0.15, -0.1) is 0 Å². The first-order valence-electron chi connectivity index (χ1n) is 10.8. The third-order valence-corrected chi connectivity index (χ3v) is 5.94. The second kappa shape index (κ2) is 11.9. The minimum atomic E-state index is -4.33. The third-order valence-electron chi connectivity index (χ3n) is 5.94. The Balaban J connectivity index is 0.00000320. The minimum absolute atomic E-state index is 0. The van der Waals surface area contributed by atoms with Gasteiger partial charge in [-0.25, -0.2) is 4.57 Å². The summed E-state index contributed by atoms with van der Waals surface area (Å²) in [4.78, 5) is 2.01. The largest absolute Gasteiger partial charge is 1.00 e. The highest BCUT2D eigenvalue weighted by Crippen LogP contribution is 2.34. The zero-order chi connectivity index (χ0) is 20.7. The van der Waals surface area contributed by atoms with Crippen molar-refractivity contribution in [1.82, 2.24) is 0 Å². The van der Waals surface area contributed by atoms with Crippen molar-refractivity contribution in [2.24, 2.45) is 13.0 Å². The van der Waals surface area contributed by atoms with Crippen molar-refractivity contribution in [1.29, 1.82) is 0 Å². The first-order chi connectivity index (χ1) is 13.9. The quantitative estimate of drug-likeness (QED) is 0.285. The molecule has 0 saturated heterocycles. The van der Waals surface area contributed by atoms with E-state index in [0.717, 1.165) is 37.1 Å². The predicted molar refractivity (Wildman–Crippen MR) is 111 cm³/mol. The number of aromatic nitrogens is 1. The average Bonchev–Trinajstić information content (AvgIpc) is 2.71. The van der Waals surface area contributed by atoms with Gasteiger partial charge in [0, 0.05) is 18.3 Å². The van der Waals surface area contributed by atoms with E-state index in [1.165, 1.54) is 57.1 Å². The summed E-state index contributed by atoms with van der Waals surface area (Å²) >= 11 is 0. The lowest BCUT2D eigenvalue weighted by Crippen LogP contribution is -3.00. The molecule has 1 saturated carbocycles. The number of aryl methyl sites for hydroxylation is 1. The van der Waals surface area contributed by atoms with Gasteiger partial charge in [-0.05, 0) is 36.6 Å². The number of nitrogens with zero attached hydrogens (tertiary/aromatic N) is 2. The summed E-state index contributed by atoms with van der Waals surface area (Å²) < 4.78 is 41.5. The van der Waals surface area contributed by atoms with E-state index in [-0.39, 0.29) is 24.0 Å². The molecular weight excluding hydrogens is 500 g/mol.